The summed E-state index contributed by atoms with van der Waals surface area (Å²) in [6.07, 6.45) is 3.19. The van der Waals surface area contributed by atoms with Gasteiger partial charge < -0.3 is 14.8 Å². The summed E-state index contributed by atoms with van der Waals surface area (Å²) in [5.74, 6) is 0.522. The number of nitrogens with zero attached hydrogens (tertiary/aromatic N) is 2. The standard InChI is InChI=1S/C17H19N3O3/c1-11-16(12(2)19-17(18-11)23-4)20-15(21)10-7-13-5-8-14(22-3)9-6-13/h5-10H,1-4H3,(H,20,21)/b10-7+. The lowest BCUT2D eigenvalue weighted by Crippen LogP contribution is -2.12. The van der Waals surface area contributed by atoms with E-state index in [1.807, 2.05) is 24.3 Å². The van der Waals surface area contributed by atoms with Crippen molar-refractivity contribution in [2.75, 3.05) is 19.5 Å². The van der Waals surface area contributed by atoms with Crippen molar-refractivity contribution >= 4 is 17.7 Å². The highest BCUT2D eigenvalue weighted by molar-refractivity contribution is 6.02. The third kappa shape index (κ3) is 4.29. The van der Waals surface area contributed by atoms with E-state index >= 15 is 0 Å². The van der Waals surface area contributed by atoms with Crippen molar-refractivity contribution in [3.63, 3.8) is 0 Å². The molecule has 0 aliphatic heterocycles. The minimum absolute atomic E-state index is 0.249. The predicted molar refractivity (Wildman–Crippen MR) is 88.7 cm³/mol. The van der Waals surface area contributed by atoms with Crippen LogP contribution >= 0.6 is 0 Å². The summed E-state index contributed by atoms with van der Waals surface area (Å²) in [5, 5.41) is 2.79. The quantitative estimate of drug-likeness (QED) is 0.859. The van der Waals surface area contributed by atoms with Crippen molar-refractivity contribution in [2.45, 2.75) is 13.8 Å². The summed E-state index contributed by atoms with van der Waals surface area (Å²) in [6, 6.07) is 7.70. The zero-order valence-corrected chi connectivity index (χ0v) is 13.6. The first-order valence-electron chi connectivity index (χ1n) is 7.06. The molecule has 1 aromatic heterocycles. The number of benzene rings is 1. The van der Waals surface area contributed by atoms with Gasteiger partial charge >= 0.3 is 6.01 Å². The van der Waals surface area contributed by atoms with Crippen molar-refractivity contribution in [3.05, 3.63) is 47.3 Å². The average Bonchev–Trinajstić information content (AvgIpc) is 2.56. The highest BCUT2D eigenvalue weighted by Gasteiger charge is 2.10. The Morgan fingerprint density at radius 3 is 2.17 bits per heavy atom. The van der Waals surface area contributed by atoms with Crippen LogP contribution in [0, 0.1) is 13.8 Å². The van der Waals surface area contributed by atoms with Gasteiger partial charge in [-0.05, 0) is 37.6 Å². The maximum Gasteiger partial charge on any atom is 0.316 e. The SMILES string of the molecule is COc1ccc(/C=C/C(=O)Nc2c(C)nc(OC)nc2C)cc1. The van der Waals surface area contributed by atoms with Crippen LogP contribution in [0.3, 0.4) is 0 Å². The van der Waals surface area contributed by atoms with Crippen LogP contribution in [0.25, 0.3) is 6.08 Å². The number of methoxy groups -OCH3 is 2. The maximum atomic E-state index is 12.1. The Labute approximate surface area is 135 Å². The number of rotatable bonds is 5. The molecule has 0 fully saturated rings. The molecule has 0 atom stereocenters. The van der Waals surface area contributed by atoms with Gasteiger partial charge in [0.15, 0.2) is 0 Å². The Bertz CT molecular complexity index is 701. The zero-order chi connectivity index (χ0) is 16.8. The molecule has 2 aromatic rings. The van der Waals surface area contributed by atoms with Gasteiger partial charge in [0, 0.05) is 6.08 Å². The van der Waals surface area contributed by atoms with E-state index in [0.717, 1.165) is 11.3 Å². The molecule has 23 heavy (non-hydrogen) atoms. The summed E-state index contributed by atoms with van der Waals surface area (Å²) in [4.78, 5) is 20.4. The first-order valence-corrected chi connectivity index (χ1v) is 7.06. The first kappa shape index (κ1) is 16.5. The topological polar surface area (TPSA) is 73.3 Å². The van der Waals surface area contributed by atoms with Gasteiger partial charge in [0.05, 0.1) is 31.3 Å². The minimum Gasteiger partial charge on any atom is -0.497 e. The largest absolute Gasteiger partial charge is 0.497 e. The van der Waals surface area contributed by atoms with E-state index in [4.69, 9.17) is 9.47 Å². The number of aromatic nitrogens is 2. The number of carbonyl (C=O) groups is 1. The molecule has 0 aliphatic carbocycles. The Kier molecular flexibility index (Phi) is 5.30. The molecule has 0 saturated carbocycles. The molecule has 1 N–H and O–H groups in total. The zero-order valence-electron chi connectivity index (χ0n) is 13.6. The highest BCUT2D eigenvalue weighted by Crippen LogP contribution is 2.19. The predicted octanol–water partition coefficient (Wildman–Crippen LogP) is 2.76. The number of ether oxygens (including phenoxy) is 2. The summed E-state index contributed by atoms with van der Waals surface area (Å²) >= 11 is 0. The van der Waals surface area contributed by atoms with E-state index in [-0.39, 0.29) is 11.9 Å². The van der Waals surface area contributed by atoms with Crippen molar-refractivity contribution in [3.8, 4) is 11.8 Å². The Balaban J connectivity index is 2.08. The fourth-order valence-electron chi connectivity index (χ4n) is 2.01. The van der Waals surface area contributed by atoms with Crippen LogP contribution < -0.4 is 14.8 Å². The molecule has 1 aromatic carbocycles. The molecular weight excluding hydrogens is 294 g/mol. The van der Waals surface area contributed by atoms with Crippen LogP contribution in [-0.4, -0.2) is 30.1 Å². The monoisotopic (exact) mass is 313 g/mol. The Morgan fingerprint density at radius 2 is 1.65 bits per heavy atom. The number of nitrogens with one attached hydrogen (secondary N) is 1. The molecule has 1 heterocycles. The number of carbonyl (C=O) groups excluding carboxylic acids is 1. The summed E-state index contributed by atoms with van der Waals surface area (Å²) in [5.41, 5.74) is 2.80. The van der Waals surface area contributed by atoms with Crippen molar-refractivity contribution < 1.29 is 14.3 Å². The number of aryl methyl sites for hydroxylation is 2. The maximum absolute atomic E-state index is 12.1. The lowest BCUT2D eigenvalue weighted by molar-refractivity contribution is -0.111. The molecule has 0 aliphatic rings. The third-order valence-corrected chi connectivity index (χ3v) is 3.22. The van der Waals surface area contributed by atoms with Crippen LogP contribution in [0.2, 0.25) is 0 Å². The van der Waals surface area contributed by atoms with Gasteiger partial charge in [-0.15, -0.1) is 0 Å². The number of amides is 1. The lowest BCUT2D eigenvalue weighted by atomic mass is 10.2. The van der Waals surface area contributed by atoms with Crippen LogP contribution in [-0.2, 0) is 4.79 Å². The second-order valence-electron chi connectivity index (χ2n) is 4.85. The van der Waals surface area contributed by atoms with E-state index in [0.29, 0.717) is 17.1 Å². The minimum atomic E-state index is -0.249. The molecular formula is C17H19N3O3. The van der Waals surface area contributed by atoms with Gasteiger partial charge in [0.25, 0.3) is 0 Å². The van der Waals surface area contributed by atoms with Crippen LogP contribution in [0.4, 0.5) is 5.69 Å². The molecule has 120 valence electrons. The van der Waals surface area contributed by atoms with Gasteiger partial charge in [0.1, 0.15) is 5.75 Å². The molecule has 1 amide bonds. The molecule has 2 rings (SSSR count). The summed E-state index contributed by atoms with van der Waals surface area (Å²) in [7, 11) is 3.12. The second kappa shape index (κ2) is 7.40. The van der Waals surface area contributed by atoms with E-state index in [1.54, 1.807) is 27.0 Å². The Morgan fingerprint density at radius 1 is 1.04 bits per heavy atom. The average molecular weight is 313 g/mol. The van der Waals surface area contributed by atoms with Gasteiger partial charge in [-0.25, -0.2) is 0 Å². The summed E-state index contributed by atoms with van der Waals surface area (Å²) in [6.45, 7) is 3.58. The molecule has 0 unspecified atom stereocenters. The summed E-state index contributed by atoms with van der Waals surface area (Å²) < 4.78 is 10.1. The smallest absolute Gasteiger partial charge is 0.316 e. The van der Waals surface area contributed by atoms with E-state index < -0.39 is 0 Å². The number of anilines is 1. The highest BCUT2D eigenvalue weighted by atomic mass is 16.5. The third-order valence-electron chi connectivity index (χ3n) is 3.22. The van der Waals surface area contributed by atoms with Crippen LogP contribution in [0.5, 0.6) is 11.8 Å². The lowest BCUT2D eigenvalue weighted by Gasteiger charge is -2.10. The van der Waals surface area contributed by atoms with E-state index in [9.17, 15) is 4.79 Å². The van der Waals surface area contributed by atoms with Gasteiger partial charge in [-0.3, -0.25) is 4.79 Å². The molecule has 0 radical (unpaired) electrons. The van der Waals surface area contributed by atoms with Gasteiger partial charge in [0.2, 0.25) is 5.91 Å². The van der Waals surface area contributed by atoms with E-state index in [2.05, 4.69) is 15.3 Å². The number of hydrogen-bond donors (Lipinski definition) is 1. The molecule has 0 bridgehead atoms. The molecule has 6 heteroatoms. The Hall–Kier alpha value is -2.89. The van der Waals surface area contributed by atoms with E-state index in [1.165, 1.54) is 13.2 Å². The molecule has 6 nitrogen and oxygen atoms in total. The second-order valence-corrected chi connectivity index (χ2v) is 4.85. The van der Waals surface area contributed by atoms with Crippen LogP contribution in [0.1, 0.15) is 17.0 Å². The van der Waals surface area contributed by atoms with Crippen molar-refractivity contribution in [1.29, 1.82) is 0 Å². The molecule has 0 spiro atoms. The molecule has 0 saturated heterocycles. The normalized spacial score (nSPS) is 10.6. The fraction of sp³-hybridized carbons (Fsp3) is 0.235. The first-order chi connectivity index (χ1) is 11.0. The fourth-order valence-corrected chi connectivity index (χ4v) is 2.01. The van der Waals surface area contributed by atoms with Gasteiger partial charge in [-0.1, -0.05) is 12.1 Å². The van der Waals surface area contributed by atoms with Crippen molar-refractivity contribution in [1.82, 2.24) is 9.97 Å². The van der Waals surface area contributed by atoms with Crippen LogP contribution in [0.15, 0.2) is 30.3 Å². The number of hydrogen-bond acceptors (Lipinski definition) is 5. The van der Waals surface area contributed by atoms with Gasteiger partial charge in [-0.2, -0.15) is 9.97 Å². The van der Waals surface area contributed by atoms with Crippen molar-refractivity contribution in [2.24, 2.45) is 0 Å².